The molecule has 5 atom stereocenters. The van der Waals surface area contributed by atoms with Crippen molar-refractivity contribution in [2.75, 3.05) is 13.1 Å². The van der Waals surface area contributed by atoms with E-state index in [9.17, 15) is 29.4 Å². The number of aliphatic hydroxyl groups excluding tert-OH is 1. The number of nitrogens with zero attached hydrogens (tertiary/aromatic N) is 2. The highest BCUT2D eigenvalue weighted by Gasteiger charge is 2.38. The maximum absolute atomic E-state index is 13.3. The number of amides is 3. The smallest absolute Gasteiger partial charge is 0.328 e. The van der Waals surface area contributed by atoms with Crippen molar-refractivity contribution in [1.82, 2.24) is 20.5 Å². The minimum Gasteiger partial charge on any atom is -0.480 e. The summed E-state index contributed by atoms with van der Waals surface area (Å²) in [6.07, 6.45) is 2.06. The molecule has 14 nitrogen and oxygen atoms in total. The number of carbonyl (C=O) groups is 4. The summed E-state index contributed by atoms with van der Waals surface area (Å²) in [6, 6.07) is 3.22. The normalized spacial score (nSPS) is 18.0. The minimum absolute atomic E-state index is 0.0846. The van der Waals surface area contributed by atoms with Crippen molar-refractivity contribution in [3.05, 3.63) is 36.0 Å². The van der Waals surface area contributed by atoms with Gasteiger partial charge in [-0.15, -0.1) is 0 Å². The van der Waals surface area contributed by atoms with E-state index in [1.54, 1.807) is 0 Å². The number of hydrogen-bond donors (Lipinski definition) is 8. The fraction of sp³-hybridized carbons (Fsp3) is 0.500. The van der Waals surface area contributed by atoms with Crippen LogP contribution in [-0.4, -0.2) is 93.1 Å². The van der Waals surface area contributed by atoms with E-state index in [2.05, 4.69) is 20.6 Å². The van der Waals surface area contributed by atoms with Crippen molar-refractivity contribution >= 4 is 40.6 Å². The maximum Gasteiger partial charge on any atom is 0.328 e. The van der Waals surface area contributed by atoms with Gasteiger partial charge in [0.25, 0.3) is 0 Å². The van der Waals surface area contributed by atoms with Crippen molar-refractivity contribution in [2.45, 2.75) is 69.3 Å². The number of aliphatic imine (C=N–C) groups is 1. The first-order chi connectivity index (χ1) is 19.0. The van der Waals surface area contributed by atoms with Gasteiger partial charge in [0.05, 0.1) is 12.1 Å². The molecule has 3 amide bonds. The van der Waals surface area contributed by atoms with Gasteiger partial charge in [0, 0.05) is 30.2 Å². The van der Waals surface area contributed by atoms with Crippen molar-refractivity contribution in [2.24, 2.45) is 22.2 Å². The van der Waals surface area contributed by atoms with Crippen LogP contribution in [0.3, 0.4) is 0 Å². The number of hydrogen-bond acceptors (Lipinski definition) is 7. The van der Waals surface area contributed by atoms with Crippen molar-refractivity contribution < 1.29 is 29.4 Å². The number of benzene rings is 1. The predicted octanol–water partition coefficient (Wildman–Crippen LogP) is -1.48. The molecule has 0 radical (unpaired) electrons. The van der Waals surface area contributed by atoms with Crippen molar-refractivity contribution in [3.8, 4) is 0 Å². The highest BCUT2D eigenvalue weighted by molar-refractivity contribution is 5.95. The van der Waals surface area contributed by atoms with E-state index in [1.165, 1.54) is 11.8 Å². The Kier molecular flexibility index (Phi) is 10.4. The average molecular weight is 559 g/mol. The average Bonchev–Trinajstić information content (AvgIpc) is 3.55. The van der Waals surface area contributed by atoms with Crippen LogP contribution in [0.1, 0.15) is 38.2 Å². The number of aromatic amines is 1. The molecule has 1 fully saturated rings. The molecule has 1 aliphatic heterocycles. The molecule has 1 saturated heterocycles. The summed E-state index contributed by atoms with van der Waals surface area (Å²) >= 11 is 0. The molecule has 0 spiro atoms. The van der Waals surface area contributed by atoms with E-state index in [1.807, 2.05) is 30.5 Å². The van der Waals surface area contributed by atoms with Gasteiger partial charge in [-0.05, 0) is 50.7 Å². The lowest BCUT2D eigenvalue weighted by molar-refractivity contribution is -0.145. The lowest BCUT2D eigenvalue weighted by Crippen LogP contribution is -2.58. The molecule has 11 N–H and O–H groups in total. The summed E-state index contributed by atoms with van der Waals surface area (Å²) in [5.74, 6) is -3.29. The number of guanidine groups is 1. The summed E-state index contributed by atoms with van der Waals surface area (Å²) < 4.78 is 0. The Morgan fingerprint density at radius 3 is 2.60 bits per heavy atom. The molecule has 3 rings (SSSR count). The second-order valence-corrected chi connectivity index (χ2v) is 9.93. The van der Waals surface area contributed by atoms with E-state index in [0.29, 0.717) is 25.8 Å². The van der Waals surface area contributed by atoms with E-state index in [-0.39, 0.29) is 31.3 Å². The van der Waals surface area contributed by atoms with Crippen molar-refractivity contribution in [1.29, 1.82) is 0 Å². The first-order valence-corrected chi connectivity index (χ1v) is 13.2. The number of likely N-dealkylation sites (tertiary alicyclic amines) is 1. The molecule has 40 heavy (non-hydrogen) atoms. The van der Waals surface area contributed by atoms with Gasteiger partial charge in [0.15, 0.2) is 12.0 Å². The van der Waals surface area contributed by atoms with Gasteiger partial charge in [0.2, 0.25) is 17.7 Å². The molecule has 2 aromatic rings. The monoisotopic (exact) mass is 558 g/mol. The summed E-state index contributed by atoms with van der Waals surface area (Å²) in [7, 11) is 0. The molecule has 14 heteroatoms. The van der Waals surface area contributed by atoms with E-state index < -0.39 is 48.1 Å². The Hall–Kier alpha value is -4.17. The van der Waals surface area contributed by atoms with Crippen molar-refractivity contribution in [3.63, 3.8) is 0 Å². The zero-order valence-electron chi connectivity index (χ0n) is 22.4. The van der Waals surface area contributed by atoms with Crippen LogP contribution in [0, 0.1) is 0 Å². The van der Waals surface area contributed by atoms with Gasteiger partial charge in [0.1, 0.15) is 12.1 Å². The highest BCUT2D eigenvalue weighted by atomic mass is 16.4. The summed E-state index contributed by atoms with van der Waals surface area (Å²) in [5.41, 5.74) is 18.8. The maximum atomic E-state index is 13.3. The van der Waals surface area contributed by atoms with Crippen LogP contribution in [0.25, 0.3) is 10.9 Å². The first kappa shape index (κ1) is 30.4. The summed E-state index contributed by atoms with van der Waals surface area (Å²) in [6.45, 7) is 1.74. The number of aliphatic hydroxyl groups is 1. The zero-order valence-corrected chi connectivity index (χ0v) is 22.4. The van der Waals surface area contributed by atoms with Crippen LogP contribution in [0.5, 0.6) is 0 Å². The molecular formula is C26H38N8O6. The van der Waals surface area contributed by atoms with E-state index >= 15 is 0 Å². The van der Waals surface area contributed by atoms with Gasteiger partial charge in [-0.3, -0.25) is 19.4 Å². The molecule has 218 valence electrons. The number of para-hydroxylation sites is 1. The van der Waals surface area contributed by atoms with Gasteiger partial charge in [-0.1, -0.05) is 18.2 Å². The Morgan fingerprint density at radius 2 is 1.93 bits per heavy atom. The van der Waals surface area contributed by atoms with Gasteiger partial charge in [-0.25, -0.2) is 4.79 Å². The molecule has 1 aromatic carbocycles. The summed E-state index contributed by atoms with van der Waals surface area (Å²) in [5, 5.41) is 25.0. The number of rotatable bonds is 13. The van der Waals surface area contributed by atoms with Gasteiger partial charge < -0.3 is 47.9 Å². The number of carboxylic acid groups (broad SMARTS) is 1. The number of aliphatic carboxylic acids is 1. The Morgan fingerprint density at radius 1 is 1.20 bits per heavy atom. The number of aromatic nitrogens is 1. The van der Waals surface area contributed by atoms with Crippen LogP contribution in [0.15, 0.2) is 35.5 Å². The van der Waals surface area contributed by atoms with E-state index in [4.69, 9.17) is 17.2 Å². The van der Waals surface area contributed by atoms with E-state index in [0.717, 1.165) is 16.5 Å². The number of fused-ring (bicyclic) bond motifs is 1. The standard InChI is InChI=1S/C26H38N8O6/c1-14(35)21(25(39)40)33-22(36)19(8-4-10-30-26(28)29)32-23(37)20-9-5-11-34(20)24(38)17(27)12-15-13-31-18-7-3-2-6-16(15)18/h2-3,6-7,13-14,17,19-21,31,35H,4-5,8-12,27H2,1H3,(H,32,37)(H,33,36)(H,39,40)(H4,28,29,30). The number of H-pyrrole nitrogens is 1. The molecule has 0 aliphatic carbocycles. The van der Waals surface area contributed by atoms with Crippen LogP contribution in [-0.2, 0) is 25.6 Å². The second kappa shape index (κ2) is 13.8. The van der Waals surface area contributed by atoms with Gasteiger partial charge in [-0.2, -0.15) is 0 Å². The van der Waals surface area contributed by atoms with Gasteiger partial charge >= 0.3 is 5.97 Å². The fourth-order valence-electron chi connectivity index (χ4n) is 4.82. The summed E-state index contributed by atoms with van der Waals surface area (Å²) in [4.78, 5) is 59.5. The number of carboxylic acids is 1. The number of nitrogens with two attached hydrogens (primary N) is 3. The minimum atomic E-state index is -1.57. The lowest BCUT2D eigenvalue weighted by atomic mass is 10.0. The van der Waals surface area contributed by atoms with Crippen LogP contribution in [0.4, 0.5) is 0 Å². The van der Waals surface area contributed by atoms with Crippen LogP contribution < -0.4 is 27.8 Å². The molecular weight excluding hydrogens is 520 g/mol. The second-order valence-electron chi connectivity index (χ2n) is 9.93. The Balaban J connectivity index is 1.69. The third-order valence-corrected chi connectivity index (χ3v) is 6.89. The largest absolute Gasteiger partial charge is 0.480 e. The molecule has 1 aliphatic rings. The third kappa shape index (κ3) is 7.70. The topological polar surface area (TPSA) is 242 Å². The molecule has 5 unspecified atom stereocenters. The van der Waals surface area contributed by atoms with Crippen LogP contribution in [0.2, 0.25) is 0 Å². The zero-order chi connectivity index (χ0) is 29.4. The van der Waals surface area contributed by atoms with Crippen LogP contribution >= 0.6 is 0 Å². The quantitative estimate of drug-likeness (QED) is 0.0810. The SMILES string of the molecule is CC(O)C(NC(=O)C(CCCN=C(N)N)NC(=O)C1CCCN1C(=O)C(N)Cc1c[nH]c2ccccc12)C(=O)O. The molecule has 1 aromatic heterocycles. The highest BCUT2D eigenvalue weighted by Crippen LogP contribution is 2.22. The number of nitrogens with one attached hydrogen (secondary N) is 3. The first-order valence-electron chi connectivity index (χ1n) is 13.2. The molecule has 2 heterocycles. The predicted molar refractivity (Wildman–Crippen MR) is 148 cm³/mol. The molecule has 0 bridgehead atoms. The Labute approximate surface area is 231 Å². The number of carbonyl (C=O) groups excluding carboxylic acids is 3. The fourth-order valence-corrected chi connectivity index (χ4v) is 4.82. The third-order valence-electron chi connectivity index (χ3n) is 6.89. The molecule has 0 saturated carbocycles. The Bertz CT molecular complexity index is 1240. The lowest BCUT2D eigenvalue weighted by Gasteiger charge is -2.29.